The first-order valence-electron chi connectivity index (χ1n) is 8.55. The molecule has 6 heteroatoms. The second-order valence-corrected chi connectivity index (χ2v) is 5.78. The minimum Gasteiger partial charge on any atom is -0.493 e. The van der Waals surface area contributed by atoms with E-state index in [1.807, 2.05) is 50.2 Å². The highest BCUT2D eigenvalue weighted by molar-refractivity contribution is 14.0. The quantitative estimate of drug-likeness (QED) is 0.261. The van der Waals surface area contributed by atoms with Crippen molar-refractivity contribution in [1.29, 1.82) is 0 Å². The number of hydrogen-bond acceptors (Lipinski definition) is 3. The monoisotopic (exact) mass is 469 g/mol. The van der Waals surface area contributed by atoms with Crippen LogP contribution in [0.25, 0.3) is 0 Å². The smallest absolute Gasteiger partial charge is 0.193 e. The standard InChI is InChI=1S/C20H27N3O2.HI/c1-4-25-19-14-16(10-11-18(19)24-3)8-6-12-22-20(21)23-17-9-5-7-15(2)13-17;/h5,7,9-11,13-14H,4,6,8,12H2,1-3H3,(H3,21,22,23);1H. The first-order chi connectivity index (χ1) is 12.1. The third-order valence-corrected chi connectivity index (χ3v) is 3.72. The molecule has 0 saturated carbocycles. The highest BCUT2D eigenvalue weighted by Crippen LogP contribution is 2.28. The number of nitrogens with zero attached hydrogens (tertiary/aromatic N) is 1. The number of halogens is 1. The van der Waals surface area contributed by atoms with Crippen molar-refractivity contribution in [2.75, 3.05) is 25.6 Å². The lowest BCUT2D eigenvalue weighted by Crippen LogP contribution is -2.22. The van der Waals surface area contributed by atoms with Gasteiger partial charge in [0, 0.05) is 12.2 Å². The highest BCUT2D eigenvalue weighted by atomic mass is 127. The van der Waals surface area contributed by atoms with E-state index >= 15 is 0 Å². The van der Waals surface area contributed by atoms with Crippen LogP contribution >= 0.6 is 24.0 Å². The van der Waals surface area contributed by atoms with Gasteiger partial charge in [-0.1, -0.05) is 18.2 Å². The molecule has 0 heterocycles. The van der Waals surface area contributed by atoms with E-state index in [-0.39, 0.29) is 24.0 Å². The summed E-state index contributed by atoms with van der Waals surface area (Å²) in [5, 5.41) is 3.11. The van der Waals surface area contributed by atoms with Gasteiger partial charge < -0.3 is 20.5 Å². The Labute approximate surface area is 173 Å². The summed E-state index contributed by atoms with van der Waals surface area (Å²) in [5.41, 5.74) is 9.28. The van der Waals surface area contributed by atoms with Crippen LogP contribution in [-0.4, -0.2) is 26.2 Å². The first kappa shape index (κ1) is 22.1. The van der Waals surface area contributed by atoms with Crippen molar-refractivity contribution in [3.63, 3.8) is 0 Å². The molecule has 0 aliphatic heterocycles. The van der Waals surface area contributed by atoms with Gasteiger partial charge in [0.1, 0.15) is 0 Å². The molecule has 0 aliphatic carbocycles. The molecule has 0 atom stereocenters. The molecule has 26 heavy (non-hydrogen) atoms. The van der Waals surface area contributed by atoms with E-state index in [9.17, 15) is 0 Å². The third-order valence-electron chi connectivity index (χ3n) is 3.72. The van der Waals surface area contributed by atoms with Crippen molar-refractivity contribution in [3.8, 4) is 11.5 Å². The van der Waals surface area contributed by atoms with Crippen molar-refractivity contribution < 1.29 is 9.47 Å². The molecule has 2 rings (SSSR count). The average molecular weight is 469 g/mol. The maximum absolute atomic E-state index is 5.94. The highest BCUT2D eigenvalue weighted by Gasteiger charge is 2.05. The number of aryl methyl sites for hydroxylation is 2. The minimum atomic E-state index is 0. The van der Waals surface area contributed by atoms with Gasteiger partial charge in [0.25, 0.3) is 0 Å². The molecule has 142 valence electrons. The number of nitrogens with one attached hydrogen (secondary N) is 1. The summed E-state index contributed by atoms with van der Waals surface area (Å²) < 4.78 is 10.9. The third kappa shape index (κ3) is 7.11. The van der Waals surface area contributed by atoms with Crippen LogP contribution in [0.2, 0.25) is 0 Å². The predicted molar refractivity (Wildman–Crippen MR) is 119 cm³/mol. The molecular weight excluding hydrogens is 441 g/mol. The van der Waals surface area contributed by atoms with E-state index in [0.717, 1.165) is 30.0 Å². The van der Waals surface area contributed by atoms with E-state index in [1.54, 1.807) is 7.11 Å². The summed E-state index contributed by atoms with van der Waals surface area (Å²) >= 11 is 0. The molecule has 5 nitrogen and oxygen atoms in total. The van der Waals surface area contributed by atoms with Gasteiger partial charge >= 0.3 is 0 Å². The molecule has 0 aliphatic rings. The number of ether oxygens (including phenoxy) is 2. The van der Waals surface area contributed by atoms with Crippen LogP contribution in [0.15, 0.2) is 47.5 Å². The summed E-state index contributed by atoms with van der Waals surface area (Å²) in [6.07, 6.45) is 1.82. The number of nitrogens with two attached hydrogens (primary N) is 1. The summed E-state index contributed by atoms with van der Waals surface area (Å²) in [6.45, 7) is 5.29. The molecule has 0 fully saturated rings. The average Bonchev–Trinajstić information content (AvgIpc) is 2.59. The number of methoxy groups -OCH3 is 1. The molecular formula is C20H28IN3O2. The molecule has 0 radical (unpaired) electrons. The maximum Gasteiger partial charge on any atom is 0.193 e. The lowest BCUT2D eigenvalue weighted by Gasteiger charge is -2.11. The molecule has 0 bridgehead atoms. The van der Waals surface area contributed by atoms with Crippen LogP contribution in [0.4, 0.5) is 5.69 Å². The van der Waals surface area contributed by atoms with Crippen LogP contribution in [0.5, 0.6) is 11.5 Å². The molecule has 0 spiro atoms. The van der Waals surface area contributed by atoms with Crippen molar-refractivity contribution >= 4 is 35.6 Å². The van der Waals surface area contributed by atoms with Gasteiger partial charge in [0.2, 0.25) is 0 Å². The molecule has 0 aromatic heterocycles. The van der Waals surface area contributed by atoms with Gasteiger partial charge in [-0.25, -0.2) is 0 Å². The van der Waals surface area contributed by atoms with Crippen LogP contribution in [0.1, 0.15) is 24.5 Å². The summed E-state index contributed by atoms with van der Waals surface area (Å²) in [7, 11) is 1.65. The fourth-order valence-electron chi connectivity index (χ4n) is 2.54. The van der Waals surface area contributed by atoms with Crippen LogP contribution in [0.3, 0.4) is 0 Å². The Balaban J connectivity index is 0.00000338. The lowest BCUT2D eigenvalue weighted by molar-refractivity contribution is 0.310. The molecule has 0 amide bonds. The van der Waals surface area contributed by atoms with Gasteiger partial charge in [-0.05, 0) is 62.1 Å². The topological polar surface area (TPSA) is 68.9 Å². The van der Waals surface area contributed by atoms with Crippen LogP contribution < -0.4 is 20.5 Å². The zero-order valence-electron chi connectivity index (χ0n) is 15.6. The first-order valence-corrected chi connectivity index (χ1v) is 8.55. The van der Waals surface area contributed by atoms with Crippen molar-refractivity contribution in [1.82, 2.24) is 0 Å². The Bertz CT molecular complexity index is 720. The second-order valence-electron chi connectivity index (χ2n) is 5.78. The number of anilines is 1. The molecule has 2 aromatic rings. The largest absolute Gasteiger partial charge is 0.493 e. The fraction of sp³-hybridized carbons (Fsp3) is 0.350. The number of hydrogen-bond donors (Lipinski definition) is 2. The van der Waals surface area contributed by atoms with Gasteiger partial charge in [0.15, 0.2) is 17.5 Å². The lowest BCUT2D eigenvalue weighted by atomic mass is 10.1. The minimum absolute atomic E-state index is 0. The zero-order chi connectivity index (χ0) is 18.1. The maximum atomic E-state index is 5.94. The van der Waals surface area contributed by atoms with Crippen LogP contribution in [-0.2, 0) is 6.42 Å². The van der Waals surface area contributed by atoms with Gasteiger partial charge in [0.05, 0.1) is 13.7 Å². The summed E-state index contributed by atoms with van der Waals surface area (Å²) in [6, 6.07) is 14.1. The van der Waals surface area contributed by atoms with E-state index in [2.05, 4.69) is 16.4 Å². The Morgan fingerprint density at radius 1 is 1.15 bits per heavy atom. The number of guanidine groups is 1. The normalized spacial score (nSPS) is 10.8. The SMILES string of the molecule is CCOc1cc(CCCN=C(N)Nc2cccc(C)c2)ccc1OC.I. The van der Waals surface area contributed by atoms with E-state index in [0.29, 0.717) is 19.1 Å². The molecule has 0 saturated heterocycles. The number of aliphatic imine (C=N–C) groups is 1. The zero-order valence-corrected chi connectivity index (χ0v) is 17.9. The Hall–Kier alpha value is -1.96. The Morgan fingerprint density at radius 3 is 2.65 bits per heavy atom. The summed E-state index contributed by atoms with van der Waals surface area (Å²) in [4.78, 5) is 4.38. The number of rotatable bonds is 8. The Morgan fingerprint density at radius 2 is 1.96 bits per heavy atom. The van der Waals surface area contributed by atoms with Gasteiger partial charge in [-0.3, -0.25) is 4.99 Å². The number of benzene rings is 2. The van der Waals surface area contributed by atoms with Crippen molar-refractivity contribution in [2.45, 2.75) is 26.7 Å². The van der Waals surface area contributed by atoms with Crippen molar-refractivity contribution in [2.24, 2.45) is 10.7 Å². The van der Waals surface area contributed by atoms with Crippen molar-refractivity contribution in [3.05, 3.63) is 53.6 Å². The Kier molecular flexibility index (Phi) is 9.87. The predicted octanol–water partition coefficient (Wildman–Crippen LogP) is 4.38. The molecule has 3 N–H and O–H groups in total. The fourth-order valence-corrected chi connectivity index (χ4v) is 2.54. The molecule has 0 unspecified atom stereocenters. The van der Waals surface area contributed by atoms with Gasteiger partial charge in [-0.2, -0.15) is 0 Å². The van der Waals surface area contributed by atoms with Gasteiger partial charge in [-0.15, -0.1) is 24.0 Å². The summed E-state index contributed by atoms with van der Waals surface area (Å²) in [5.74, 6) is 1.98. The van der Waals surface area contributed by atoms with Crippen LogP contribution in [0, 0.1) is 6.92 Å². The second kappa shape index (κ2) is 11.6. The van der Waals surface area contributed by atoms with E-state index in [1.165, 1.54) is 11.1 Å². The van der Waals surface area contributed by atoms with E-state index < -0.39 is 0 Å². The molecule has 2 aromatic carbocycles. The van der Waals surface area contributed by atoms with E-state index in [4.69, 9.17) is 15.2 Å².